The van der Waals surface area contributed by atoms with Crippen LogP contribution in [0, 0.1) is 5.82 Å². The van der Waals surface area contributed by atoms with Crippen molar-refractivity contribution in [3.05, 3.63) is 59.9 Å². The largest absolute Gasteiger partial charge is 0.454 e. The van der Waals surface area contributed by atoms with Gasteiger partial charge in [-0.15, -0.1) is 0 Å². The Bertz CT molecular complexity index is 527. The van der Waals surface area contributed by atoms with Crippen molar-refractivity contribution in [2.24, 2.45) is 5.73 Å². The minimum atomic E-state index is -0.377. The van der Waals surface area contributed by atoms with E-state index < -0.39 is 0 Å². The van der Waals surface area contributed by atoms with Gasteiger partial charge in [0.15, 0.2) is 11.6 Å². The predicted molar refractivity (Wildman–Crippen MR) is 70.1 cm³/mol. The number of rotatable bonds is 4. The molecule has 94 valence electrons. The summed E-state index contributed by atoms with van der Waals surface area (Å²) in [7, 11) is 0. The third kappa shape index (κ3) is 2.68. The normalized spacial score (nSPS) is 12.2. The fraction of sp³-hybridized carbons (Fsp3) is 0.200. The fourth-order valence-electron chi connectivity index (χ4n) is 1.75. The number of hydrogen-bond donors (Lipinski definition) is 1. The summed E-state index contributed by atoms with van der Waals surface area (Å²) in [4.78, 5) is 0. The molecule has 1 atom stereocenters. The highest BCUT2D eigenvalue weighted by Crippen LogP contribution is 2.30. The molecule has 0 saturated carbocycles. The smallest absolute Gasteiger partial charge is 0.165 e. The van der Waals surface area contributed by atoms with Gasteiger partial charge in [-0.3, -0.25) is 0 Å². The Hall–Kier alpha value is -1.87. The Kier molecular flexibility index (Phi) is 3.95. The predicted octanol–water partition coefficient (Wildman–Crippen LogP) is 4.03. The molecular formula is C15H16FNO. The van der Waals surface area contributed by atoms with Crippen LogP contribution in [0.2, 0.25) is 0 Å². The zero-order chi connectivity index (χ0) is 13.0. The first-order valence-electron chi connectivity index (χ1n) is 5.99. The van der Waals surface area contributed by atoms with E-state index in [2.05, 4.69) is 0 Å². The molecule has 0 fully saturated rings. The van der Waals surface area contributed by atoms with Gasteiger partial charge >= 0.3 is 0 Å². The van der Waals surface area contributed by atoms with Gasteiger partial charge in [0.1, 0.15) is 5.75 Å². The van der Waals surface area contributed by atoms with E-state index in [-0.39, 0.29) is 17.6 Å². The van der Waals surface area contributed by atoms with Gasteiger partial charge < -0.3 is 10.5 Å². The molecule has 2 N–H and O–H groups in total. The average Bonchev–Trinajstić information content (AvgIpc) is 2.41. The van der Waals surface area contributed by atoms with Gasteiger partial charge in [-0.05, 0) is 24.6 Å². The molecular weight excluding hydrogens is 229 g/mol. The molecule has 0 saturated heterocycles. The molecule has 0 aromatic heterocycles. The minimum Gasteiger partial charge on any atom is -0.454 e. The number of para-hydroxylation sites is 2. The van der Waals surface area contributed by atoms with Crippen molar-refractivity contribution in [2.45, 2.75) is 19.4 Å². The molecule has 0 bridgehead atoms. The van der Waals surface area contributed by atoms with Crippen LogP contribution in [0.3, 0.4) is 0 Å². The Morgan fingerprint density at radius 1 is 1.06 bits per heavy atom. The highest BCUT2D eigenvalue weighted by molar-refractivity contribution is 5.39. The Balaban J connectivity index is 2.32. The van der Waals surface area contributed by atoms with E-state index in [0.29, 0.717) is 5.75 Å². The third-order valence-electron chi connectivity index (χ3n) is 2.81. The van der Waals surface area contributed by atoms with Crippen molar-refractivity contribution in [2.75, 3.05) is 0 Å². The number of ether oxygens (including phenoxy) is 1. The second kappa shape index (κ2) is 5.65. The number of nitrogens with two attached hydrogens (primary N) is 1. The summed E-state index contributed by atoms with van der Waals surface area (Å²) in [5.74, 6) is 0.447. The van der Waals surface area contributed by atoms with E-state index in [1.807, 2.05) is 25.1 Å². The highest BCUT2D eigenvalue weighted by atomic mass is 19.1. The van der Waals surface area contributed by atoms with Crippen LogP contribution in [-0.2, 0) is 0 Å². The summed E-state index contributed by atoms with van der Waals surface area (Å²) >= 11 is 0. The quantitative estimate of drug-likeness (QED) is 0.882. The summed E-state index contributed by atoms with van der Waals surface area (Å²) in [6.07, 6.45) is 0.803. The molecule has 2 aromatic carbocycles. The van der Waals surface area contributed by atoms with E-state index in [0.717, 1.165) is 12.0 Å². The van der Waals surface area contributed by atoms with Gasteiger partial charge in [-0.2, -0.15) is 0 Å². The van der Waals surface area contributed by atoms with E-state index >= 15 is 0 Å². The summed E-state index contributed by atoms with van der Waals surface area (Å²) in [6.45, 7) is 2.00. The van der Waals surface area contributed by atoms with E-state index in [4.69, 9.17) is 10.5 Å². The van der Waals surface area contributed by atoms with Crippen LogP contribution in [-0.4, -0.2) is 0 Å². The summed E-state index contributed by atoms with van der Waals surface area (Å²) in [6, 6.07) is 13.7. The summed E-state index contributed by atoms with van der Waals surface area (Å²) in [5.41, 5.74) is 6.90. The lowest BCUT2D eigenvalue weighted by Crippen LogP contribution is -2.09. The van der Waals surface area contributed by atoms with Crippen LogP contribution in [0.25, 0.3) is 0 Å². The lowest BCUT2D eigenvalue weighted by Gasteiger charge is -2.15. The van der Waals surface area contributed by atoms with Gasteiger partial charge in [0, 0.05) is 11.6 Å². The van der Waals surface area contributed by atoms with Crippen LogP contribution in [0.5, 0.6) is 11.5 Å². The lowest BCUT2D eigenvalue weighted by molar-refractivity contribution is 0.433. The maximum absolute atomic E-state index is 13.5. The summed E-state index contributed by atoms with van der Waals surface area (Å²) < 4.78 is 19.1. The molecule has 0 unspecified atom stereocenters. The molecule has 0 amide bonds. The van der Waals surface area contributed by atoms with Crippen molar-refractivity contribution in [1.29, 1.82) is 0 Å². The van der Waals surface area contributed by atoms with Crippen LogP contribution in [0.15, 0.2) is 48.5 Å². The second-order valence-corrected chi connectivity index (χ2v) is 4.09. The molecule has 0 aliphatic heterocycles. The molecule has 2 nitrogen and oxygen atoms in total. The topological polar surface area (TPSA) is 35.2 Å². The molecule has 0 heterocycles. The van der Waals surface area contributed by atoms with Crippen LogP contribution in [0.4, 0.5) is 4.39 Å². The molecule has 0 spiro atoms. The minimum absolute atomic E-state index is 0.104. The Labute approximate surface area is 106 Å². The van der Waals surface area contributed by atoms with E-state index in [1.165, 1.54) is 6.07 Å². The van der Waals surface area contributed by atoms with Gasteiger partial charge in [0.05, 0.1) is 0 Å². The maximum Gasteiger partial charge on any atom is 0.165 e. The highest BCUT2D eigenvalue weighted by Gasteiger charge is 2.11. The van der Waals surface area contributed by atoms with Crippen LogP contribution in [0.1, 0.15) is 24.9 Å². The van der Waals surface area contributed by atoms with Gasteiger partial charge in [-0.1, -0.05) is 37.3 Å². The van der Waals surface area contributed by atoms with Crippen molar-refractivity contribution in [3.8, 4) is 11.5 Å². The van der Waals surface area contributed by atoms with Crippen molar-refractivity contribution < 1.29 is 9.13 Å². The maximum atomic E-state index is 13.5. The first-order valence-corrected chi connectivity index (χ1v) is 5.99. The van der Waals surface area contributed by atoms with Gasteiger partial charge in [-0.25, -0.2) is 4.39 Å². The molecule has 2 aromatic rings. The zero-order valence-electron chi connectivity index (χ0n) is 10.3. The molecule has 0 radical (unpaired) electrons. The van der Waals surface area contributed by atoms with E-state index in [9.17, 15) is 4.39 Å². The standard InChI is InChI=1S/C15H16FNO/c1-2-13(17)11-7-3-5-9-14(11)18-15-10-6-4-8-12(15)16/h3-10,13H,2,17H2,1H3/t13-/m1/s1. The van der Waals surface area contributed by atoms with Crippen LogP contribution >= 0.6 is 0 Å². The molecule has 0 aliphatic carbocycles. The molecule has 0 aliphatic rings. The Morgan fingerprint density at radius 3 is 2.33 bits per heavy atom. The van der Waals surface area contributed by atoms with Crippen molar-refractivity contribution in [3.63, 3.8) is 0 Å². The van der Waals surface area contributed by atoms with E-state index in [1.54, 1.807) is 24.3 Å². The SMILES string of the molecule is CC[C@@H](N)c1ccccc1Oc1ccccc1F. The first-order chi connectivity index (χ1) is 8.72. The summed E-state index contributed by atoms with van der Waals surface area (Å²) in [5, 5.41) is 0. The number of benzene rings is 2. The zero-order valence-corrected chi connectivity index (χ0v) is 10.3. The van der Waals surface area contributed by atoms with Crippen molar-refractivity contribution >= 4 is 0 Å². The molecule has 18 heavy (non-hydrogen) atoms. The first kappa shape index (κ1) is 12.6. The van der Waals surface area contributed by atoms with Crippen molar-refractivity contribution in [1.82, 2.24) is 0 Å². The number of hydrogen-bond acceptors (Lipinski definition) is 2. The number of halogens is 1. The lowest BCUT2D eigenvalue weighted by atomic mass is 10.0. The third-order valence-corrected chi connectivity index (χ3v) is 2.81. The monoisotopic (exact) mass is 245 g/mol. The van der Waals surface area contributed by atoms with Crippen LogP contribution < -0.4 is 10.5 Å². The molecule has 3 heteroatoms. The molecule has 2 rings (SSSR count). The average molecular weight is 245 g/mol. The Morgan fingerprint density at radius 2 is 1.67 bits per heavy atom. The second-order valence-electron chi connectivity index (χ2n) is 4.09. The van der Waals surface area contributed by atoms with Gasteiger partial charge in [0.2, 0.25) is 0 Å². The fourth-order valence-corrected chi connectivity index (χ4v) is 1.75. The van der Waals surface area contributed by atoms with Gasteiger partial charge in [0.25, 0.3) is 0 Å².